The van der Waals surface area contributed by atoms with Crippen molar-refractivity contribution in [1.29, 1.82) is 0 Å². The Hall–Kier alpha value is -2.48. The second kappa shape index (κ2) is 10.1. The molecule has 1 atom stereocenters. The monoisotopic (exact) mass is 564 g/mol. The third-order valence-electron chi connectivity index (χ3n) is 9.13. The van der Waals surface area contributed by atoms with E-state index < -0.39 is 18.3 Å². The minimum absolute atomic E-state index is 0.0302. The van der Waals surface area contributed by atoms with Crippen molar-refractivity contribution in [2.75, 3.05) is 23.3 Å². The fourth-order valence-corrected chi connectivity index (χ4v) is 5.82. The molecule has 40 heavy (non-hydrogen) atoms. The summed E-state index contributed by atoms with van der Waals surface area (Å²) in [6, 6.07) is 9.57. The molecule has 1 aromatic heterocycles. The molecular formula is C32H42BClN2O4. The number of piperidine rings is 1. The number of nitrogens with one attached hydrogen (secondary N) is 1. The van der Waals surface area contributed by atoms with Gasteiger partial charge in [-0.2, -0.15) is 0 Å². The number of halogens is 1. The van der Waals surface area contributed by atoms with E-state index in [-0.39, 0.29) is 11.5 Å². The smallest absolute Gasteiger partial charge is 0.440 e. The highest BCUT2D eigenvalue weighted by Gasteiger charge is 2.52. The summed E-state index contributed by atoms with van der Waals surface area (Å²) >= 11 is 6.44. The van der Waals surface area contributed by atoms with Crippen LogP contribution in [0.4, 0.5) is 11.6 Å². The summed E-state index contributed by atoms with van der Waals surface area (Å²) < 4.78 is 19.4. The minimum atomic E-state index is -0.566. The van der Waals surface area contributed by atoms with E-state index in [2.05, 4.69) is 37.1 Å². The Kier molecular flexibility index (Phi) is 7.34. The van der Waals surface area contributed by atoms with Gasteiger partial charge in [-0.1, -0.05) is 31.5 Å². The molecule has 1 unspecified atom stereocenters. The lowest BCUT2D eigenvalue weighted by atomic mass is 9.77. The molecule has 0 radical (unpaired) electrons. The van der Waals surface area contributed by atoms with E-state index in [4.69, 9.17) is 25.3 Å². The summed E-state index contributed by atoms with van der Waals surface area (Å²) in [6.45, 7) is 20.5. The highest BCUT2D eigenvalue weighted by molar-refractivity contribution is 6.64. The summed E-state index contributed by atoms with van der Waals surface area (Å²) in [4.78, 5) is 15.9. The van der Waals surface area contributed by atoms with Crippen molar-refractivity contribution in [1.82, 2.24) is 0 Å². The lowest BCUT2D eigenvalue weighted by molar-refractivity contribution is 0.00578. The first kappa shape index (κ1) is 29.0. The van der Waals surface area contributed by atoms with Gasteiger partial charge in [0.1, 0.15) is 5.58 Å². The van der Waals surface area contributed by atoms with Crippen molar-refractivity contribution in [2.45, 2.75) is 92.4 Å². The molecule has 8 heteroatoms. The van der Waals surface area contributed by atoms with Gasteiger partial charge in [0.05, 0.1) is 28.2 Å². The predicted molar refractivity (Wildman–Crippen MR) is 166 cm³/mol. The zero-order valence-electron chi connectivity index (χ0n) is 25.3. The van der Waals surface area contributed by atoms with Gasteiger partial charge in [0.25, 0.3) is 0 Å². The van der Waals surface area contributed by atoms with Gasteiger partial charge in [-0.25, -0.2) is 0 Å². The van der Waals surface area contributed by atoms with E-state index >= 15 is 0 Å². The number of aryl methyl sites for hydroxylation is 1. The Morgan fingerprint density at radius 1 is 0.975 bits per heavy atom. The molecule has 2 aliphatic heterocycles. The molecule has 0 saturated carbocycles. The molecule has 3 heterocycles. The van der Waals surface area contributed by atoms with Crippen LogP contribution in [0.3, 0.4) is 0 Å². The van der Waals surface area contributed by atoms with Gasteiger partial charge in [0, 0.05) is 34.8 Å². The largest absolute Gasteiger partial charge is 0.497 e. The van der Waals surface area contributed by atoms with Crippen LogP contribution in [-0.4, -0.2) is 31.4 Å². The zero-order valence-corrected chi connectivity index (χ0v) is 26.1. The maximum Gasteiger partial charge on any atom is 0.497 e. The number of fused-ring (bicyclic) bond motifs is 1. The molecule has 0 spiro atoms. The van der Waals surface area contributed by atoms with E-state index in [0.717, 1.165) is 48.2 Å². The van der Waals surface area contributed by atoms with Crippen molar-refractivity contribution < 1.29 is 13.7 Å². The van der Waals surface area contributed by atoms with E-state index in [1.807, 2.05) is 65.8 Å². The van der Waals surface area contributed by atoms with E-state index in [0.29, 0.717) is 32.9 Å². The van der Waals surface area contributed by atoms with Crippen molar-refractivity contribution in [3.05, 3.63) is 62.3 Å². The lowest BCUT2D eigenvalue weighted by Gasteiger charge is -2.37. The van der Waals surface area contributed by atoms with Crippen LogP contribution in [0.1, 0.15) is 84.0 Å². The summed E-state index contributed by atoms with van der Waals surface area (Å²) in [5.74, 6) is 0.690. The van der Waals surface area contributed by atoms with E-state index in [9.17, 15) is 4.79 Å². The number of benzene rings is 2. The first-order chi connectivity index (χ1) is 18.6. The molecule has 6 nitrogen and oxygen atoms in total. The molecule has 2 aromatic carbocycles. The molecule has 2 saturated heterocycles. The van der Waals surface area contributed by atoms with Gasteiger partial charge < -0.3 is 23.9 Å². The highest BCUT2D eigenvalue weighted by atomic mass is 35.5. The molecule has 1 N–H and O–H groups in total. The first-order valence-corrected chi connectivity index (χ1v) is 14.7. The molecule has 0 amide bonds. The second-order valence-electron chi connectivity index (χ2n) is 13.4. The predicted octanol–water partition coefficient (Wildman–Crippen LogP) is 7.16. The summed E-state index contributed by atoms with van der Waals surface area (Å²) in [6.07, 6.45) is 2.12. The number of nitrogens with zero attached hydrogens (tertiary/aromatic N) is 1. The molecular weight excluding hydrogens is 523 g/mol. The summed E-state index contributed by atoms with van der Waals surface area (Å²) in [5.41, 5.74) is 4.32. The van der Waals surface area contributed by atoms with Crippen LogP contribution in [0.25, 0.3) is 11.0 Å². The third-order valence-corrected chi connectivity index (χ3v) is 9.37. The first-order valence-electron chi connectivity index (χ1n) is 14.3. The van der Waals surface area contributed by atoms with Crippen LogP contribution in [0.5, 0.6) is 0 Å². The number of hydrogen-bond acceptors (Lipinski definition) is 6. The molecule has 214 valence electrons. The maximum absolute atomic E-state index is 13.6. The highest BCUT2D eigenvalue weighted by Crippen LogP contribution is 2.38. The zero-order chi connectivity index (χ0) is 29.2. The average molecular weight is 565 g/mol. The normalized spacial score (nSPS) is 20.6. The van der Waals surface area contributed by atoms with Crippen LogP contribution in [0, 0.1) is 19.3 Å². The Labute approximate surface area is 243 Å². The molecule has 2 fully saturated rings. The van der Waals surface area contributed by atoms with E-state index in [1.54, 1.807) is 0 Å². The standard InChI is InChI=1S/C32H42BClN2O4/c1-19-16-23(28-24(17-19)27(37)20(2)29(38-28)36-14-12-30(4,5)13-15-36)21(3)35-26-11-10-22(34)18-25(26)33-39-31(6,7)32(8,9)40-33/h10-11,16-18,21,35H,12-15H2,1-9H3. The quantitative estimate of drug-likeness (QED) is 0.332. The van der Waals surface area contributed by atoms with Crippen molar-refractivity contribution in [3.8, 4) is 0 Å². The Morgan fingerprint density at radius 2 is 1.60 bits per heavy atom. The molecule has 0 aliphatic carbocycles. The second-order valence-corrected chi connectivity index (χ2v) is 13.9. The van der Waals surface area contributed by atoms with Crippen LogP contribution < -0.4 is 21.1 Å². The Balaban J connectivity index is 1.54. The van der Waals surface area contributed by atoms with Gasteiger partial charge in [-0.05, 0) is 96.6 Å². The van der Waals surface area contributed by atoms with Gasteiger partial charge in [0.15, 0.2) is 5.43 Å². The number of rotatable bonds is 5. The van der Waals surface area contributed by atoms with E-state index in [1.165, 1.54) is 0 Å². The topological polar surface area (TPSA) is 63.9 Å². The van der Waals surface area contributed by atoms with Crippen LogP contribution >= 0.6 is 11.6 Å². The Morgan fingerprint density at radius 3 is 2.23 bits per heavy atom. The molecule has 2 aliphatic rings. The maximum atomic E-state index is 13.6. The molecule has 5 rings (SSSR count). The molecule has 0 bridgehead atoms. The van der Waals surface area contributed by atoms with Crippen LogP contribution in [-0.2, 0) is 9.31 Å². The van der Waals surface area contributed by atoms with Crippen LogP contribution in [0.2, 0.25) is 5.02 Å². The molecule has 3 aromatic rings. The average Bonchev–Trinajstić information content (AvgIpc) is 3.09. The number of hydrogen-bond donors (Lipinski definition) is 1. The fraction of sp³-hybridized carbons (Fsp3) is 0.531. The van der Waals surface area contributed by atoms with Gasteiger partial charge >= 0.3 is 7.12 Å². The third kappa shape index (κ3) is 5.28. The van der Waals surface area contributed by atoms with Crippen molar-refractivity contribution in [2.24, 2.45) is 5.41 Å². The fourth-order valence-electron chi connectivity index (χ4n) is 5.64. The van der Waals surface area contributed by atoms with Crippen molar-refractivity contribution in [3.63, 3.8) is 0 Å². The number of anilines is 2. The van der Waals surface area contributed by atoms with Gasteiger partial charge in [-0.15, -0.1) is 0 Å². The SMILES string of the molecule is Cc1cc(C(C)Nc2ccc(Cl)cc2B2OC(C)(C)C(C)(C)O2)c2oc(N3CCC(C)(C)CC3)c(C)c(=O)c2c1. The summed E-state index contributed by atoms with van der Waals surface area (Å²) in [7, 11) is -0.566. The van der Waals surface area contributed by atoms with Crippen molar-refractivity contribution >= 4 is 46.7 Å². The lowest BCUT2D eigenvalue weighted by Crippen LogP contribution is -2.41. The van der Waals surface area contributed by atoms with Gasteiger partial charge in [0.2, 0.25) is 5.88 Å². The Bertz CT molecular complexity index is 1490. The summed E-state index contributed by atoms with van der Waals surface area (Å²) in [5, 5.41) is 4.88. The minimum Gasteiger partial charge on any atom is -0.440 e. The van der Waals surface area contributed by atoms with Crippen LogP contribution in [0.15, 0.2) is 39.5 Å². The van der Waals surface area contributed by atoms with Gasteiger partial charge in [-0.3, -0.25) is 4.79 Å².